The largest absolute Gasteiger partial charge is 0.417 e. The van der Waals surface area contributed by atoms with Crippen molar-refractivity contribution in [1.82, 2.24) is 14.5 Å². The number of alkyl halides is 6. The standard InChI is InChI=1S/C26H26F7N3O4S/c27-17-4-7-21(22(15-17)26(31,32)33)24(38)34-11-8-23(37)35-12-9-19(10-13-35)36(18-5-6-18)41(39,40)20-3-1-2-16(14-20)25(28,29)30/h1-4,7,14-15,18-19H,5-6,8-13H2,(H,34,38). The molecule has 2 aromatic carbocycles. The molecule has 2 fully saturated rings. The molecule has 7 nitrogen and oxygen atoms in total. The first-order chi connectivity index (χ1) is 19.1. The van der Waals surface area contributed by atoms with Crippen LogP contribution in [0.3, 0.4) is 0 Å². The average molecular weight is 610 g/mol. The first-order valence-electron chi connectivity index (χ1n) is 12.7. The summed E-state index contributed by atoms with van der Waals surface area (Å²) >= 11 is 0. The van der Waals surface area contributed by atoms with Crippen molar-refractivity contribution < 1.29 is 48.7 Å². The number of likely N-dealkylation sites (tertiary alicyclic amines) is 1. The molecule has 224 valence electrons. The minimum absolute atomic E-state index is 0.148. The molecule has 0 unspecified atom stereocenters. The van der Waals surface area contributed by atoms with Crippen LogP contribution in [-0.2, 0) is 27.2 Å². The lowest BCUT2D eigenvalue weighted by Crippen LogP contribution is -2.49. The number of sulfonamides is 1. The molecule has 0 atom stereocenters. The highest BCUT2D eigenvalue weighted by atomic mass is 32.2. The monoisotopic (exact) mass is 609 g/mol. The second-order valence-electron chi connectivity index (χ2n) is 9.90. The molecule has 2 aromatic rings. The van der Waals surface area contributed by atoms with Crippen molar-refractivity contribution >= 4 is 21.8 Å². The van der Waals surface area contributed by atoms with Crippen molar-refractivity contribution in [3.63, 3.8) is 0 Å². The van der Waals surface area contributed by atoms with Gasteiger partial charge in [0, 0.05) is 38.1 Å². The lowest BCUT2D eigenvalue weighted by atomic mass is 10.0. The number of carbonyl (C=O) groups is 2. The third kappa shape index (κ3) is 7.18. The molecule has 1 saturated carbocycles. The van der Waals surface area contributed by atoms with Crippen LogP contribution in [0.25, 0.3) is 0 Å². The molecule has 1 aliphatic carbocycles. The molecule has 0 spiro atoms. The highest BCUT2D eigenvalue weighted by Gasteiger charge is 2.44. The Kier molecular flexibility index (Phi) is 8.69. The molecule has 0 bridgehead atoms. The van der Waals surface area contributed by atoms with E-state index in [1.54, 1.807) is 0 Å². The van der Waals surface area contributed by atoms with Gasteiger partial charge in [0.1, 0.15) is 5.82 Å². The van der Waals surface area contributed by atoms with Gasteiger partial charge in [-0.25, -0.2) is 12.8 Å². The number of piperidine rings is 1. The molecular weight excluding hydrogens is 583 g/mol. The predicted molar refractivity (Wildman–Crippen MR) is 131 cm³/mol. The van der Waals surface area contributed by atoms with Gasteiger partial charge in [-0.15, -0.1) is 0 Å². The molecule has 4 rings (SSSR count). The summed E-state index contributed by atoms with van der Waals surface area (Å²) in [6, 6.07) is 4.33. The van der Waals surface area contributed by atoms with Gasteiger partial charge in [0.25, 0.3) is 5.91 Å². The minimum atomic E-state index is -4.96. The number of rotatable bonds is 8. The molecule has 1 aliphatic heterocycles. The zero-order valence-corrected chi connectivity index (χ0v) is 22.3. The van der Waals surface area contributed by atoms with E-state index in [1.807, 2.05) is 0 Å². The van der Waals surface area contributed by atoms with E-state index < -0.39 is 67.6 Å². The van der Waals surface area contributed by atoms with E-state index in [-0.39, 0.29) is 51.0 Å². The van der Waals surface area contributed by atoms with Crippen molar-refractivity contribution in [3.8, 4) is 0 Å². The Bertz CT molecular complexity index is 1400. The van der Waals surface area contributed by atoms with Crippen LogP contribution in [0.15, 0.2) is 47.4 Å². The highest BCUT2D eigenvalue weighted by molar-refractivity contribution is 7.89. The fraction of sp³-hybridized carbons (Fsp3) is 0.462. The van der Waals surface area contributed by atoms with E-state index in [2.05, 4.69) is 5.32 Å². The topological polar surface area (TPSA) is 86.8 Å². The molecule has 1 heterocycles. The van der Waals surface area contributed by atoms with E-state index in [0.29, 0.717) is 25.0 Å². The quantitative estimate of drug-likeness (QED) is 0.435. The SMILES string of the molecule is O=C(NCCC(=O)N1CCC(N(C2CC2)S(=O)(=O)c2cccc(C(F)(F)F)c2)CC1)c1ccc(F)cc1C(F)(F)F. The van der Waals surface area contributed by atoms with Crippen molar-refractivity contribution in [1.29, 1.82) is 0 Å². The fourth-order valence-corrected chi connectivity index (χ4v) is 6.81. The molecular formula is C26H26F7N3O4S. The van der Waals surface area contributed by atoms with Crippen molar-refractivity contribution in [2.45, 2.75) is 61.4 Å². The number of amides is 2. The number of hydrogen-bond acceptors (Lipinski definition) is 4. The molecule has 2 aliphatic rings. The Morgan fingerprint density at radius 1 is 0.902 bits per heavy atom. The maximum absolute atomic E-state index is 13.4. The van der Waals surface area contributed by atoms with Crippen LogP contribution in [0, 0.1) is 5.82 Å². The lowest BCUT2D eigenvalue weighted by molar-refractivity contribution is -0.138. The van der Waals surface area contributed by atoms with Crippen molar-refractivity contribution in [3.05, 3.63) is 65.0 Å². The number of nitrogens with one attached hydrogen (secondary N) is 1. The minimum Gasteiger partial charge on any atom is -0.352 e. The van der Waals surface area contributed by atoms with E-state index in [0.717, 1.165) is 24.3 Å². The Balaban J connectivity index is 1.34. The van der Waals surface area contributed by atoms with E-state index in [9.17, 15) is 48.7 Å². The summed E-state index contributed by atoms with van der Waals surface area (Å²) in [4.78, 5) is 25.9. The Morgan fingerprint density at radius 3 is 2.12 bits per heavy atom. The summed E-state index contributed by atoms with van der Waals surface area (Å²) in [5.41, 5.74) is -3.30. The average Bonchev–Trinajstić information content (AvgIpc) is 3.73. The van der Waals surface area contributed by atoms with Crippen LogP contribution in [0.1, 0.15) is 53.6 Å². The number of nitrogens with zero attached hydrogens (tertiary/aromatic N) is 2. The number of benzene rings is 2. The van der Waals surface area contributed by atoms with Crippen LogP contribution >= 0.6 is 0 Å². The third-order valence-corrected chi connectivity index (χ3v) is 8.98. The summed E-state index contributed by atoms with van der Waals surface area (Å²) < 4.78 is 120. The van der Waals surface area contributed by atoms with E-state index in [1.165, 1.54) is 9.21 Å². The molecule has 2 amide bonds. The van der Waals surface area contributed by atoms with Gasteiger partial charge in [0.15, 0.2) is 0 Å². The van der Waals surface area contributed by atoms with E-state index >= 15 is 0 Å². The Hall–Kier alpha value is -3.20. The van der Waals surface area contributed by atoms with E-state index in [4.69, 9.17) is 0 Å². The fourth-order valence-electron chi connectivity index (χ4n) is 4.83. The Labute approximate surface area is 231 Å². The van der Waals surface area contributed by atoms with Crippen LogP contribution in [0.4, 0.5) is 30.7 Å². The van der Waals surface area contributed by atoms with Crippen molar-refractivity contribution in [2.24, 2.45) is 0 Å². The van der Waals surface area contributed by atoms with Gasteiger partial charge in [0.2, 0.25) is 15.9 Å². The maximum Gasteiger partial charge on any atom is 0.417 e. The second kappa shape index (κ2) is 11.6. The Morgan fingerprint density at radius 2 is 1.54 bits per heavy atom. The van der Waals surface area contributed by atoms with Gasteiger partial charge in [-0.2, -0.15) is 30.6 Å². The molecule has 15 heteroatoms. The van der Waals surface area contributed by atoms with Gasteiger partial charge >= 0.3 is 12.4 Å². The molecule has 1 N–H and O–H groups in total. The summed E-state index contributed by atoms with van der Waals surface area (Å²) in [7, 11) is -4.25. The normalized spacial score (nSPS) is 17.1. The van der Waals surface area contributed by atoms with Gasteiger partial charge in [-0.1, -0.05) is 6.07 Å². The van der Waals surface area contributed by atoms with Gasteiger partial charge < -0.3 is 10.2 Å². The summed E-state index contributed by atoms with van der Waals surface area (Å²) in [6.07, 6.45) is -8.30. The summed E-state index contributed by atoms with van der Waals surface area (Å²) in [6.45, 7) is 0.00825. The molecule has 41 heavy (non-hydrogen) atoms. The predicted octanol–water partition coefficient (Wildman–Crippen LogP) is 4.83. The second-order valence-corrected chi connectivity index (χ2v) is 11.7. The summed E-state index contributed by atoms with van der Waals surface area (Å²) in [5, 5.41) is 2.23. The zero-order valence-electron chi connectivity index (χ0n) is 21.4. The summed E-state index contributed by atoms with van der Waals surface area (Å²) in [5.74, 6) is -2.70. The molecule has 0 radical (unpaired) electrons. The molecule has 0 aromatic heterocycles. The van der Waals surface area contributed by atoms with Crippen LogP contribution in [0.5, 0.6) is 0 Å². The maximum atomic E-state index is 13.4. The molecule has 1 saturated heterocycles. The smallest absolute Gasteiger partial charge is 0.352 e. The number of carbonyl (C=O) groups excluding carboxylic acids is 2. The van der Waals surface area contributed by atoms with Crippen LogP contribution in [0.2, 0.25) is 0 Å². The third-order valence-electron chi connectivity index (χ3n) is 6.98. The van der Waals surface area contributed by atoms with Gasteiger partial charge in [0.05, 0.1) is 21.6 Å². The van der Waals surface area contributed by atoms with Crippen molar-refractivity contribution in [2.75, 3.05) is 19.6 Å². The van der Waals surface area contributed by atoms with Crippen LogP contribution in [-0.4, -0.2) is 61.2 Å². The number of hydrogen-bond donors (Lipinski definition) is 1. The lowest BCUT2D eigenvalue weighted by Gasteiger charge is -2.38. The first-order valence-corrected chi connectivity index (χ1v) is 14.2. The highest BCUT2D eigenvalue weighted by Crippen LogP contribution is 2.38. The van der Waals surface area contributed by atoms with Gasteiger partial charge in [-0.3, -0.25) is 9.59 Å². The number of halogens is 7. The zero-order chi connectivity index (χ0) is 30.2. The first kappa shape index (κ1) is 30.8. The van der Waals surface area contributed by atoms with Crippen LogP contribution < -0.4 is 5.32 Å². The van der Waals surface area contributed by atoms with Gasteiger partial charge in [-0.05, 0) is 62.1 Å².